The number of nitrogens with zero attached hydrogens (tertiary/aromatic N) is 2. The Balaban J connectivity index is 2.55. The number of ether oxygens (including phenoxy) is 1. The first-order valence-corrected chi connectivity index (χ1v) is 4.03. The van der Waals surface area contributed by atoms with Crippen molar-refractivity contribution in [3.63, 3.8) is 0 Å². The highest BCUT2D eigenvalue weighted by molar-refractivity contribution is 5.89. The van der Waals surface area contributed by atoms with Crippen molar-refractivity contribution < 1.29 is 13.9 Å². The molecule has 2 rings (SSSR count). The highest BCUT2D eigenvalue weighted by atomic mass is 16.5. The van der Waals surface area contributed by atoms with Gasteiger partial charge >= 0.3 is 5.97 Å². The van der Waals surface area contributed by atoms with E-state index in [1.807, 2.05) is 0 Å². The lowest BCUT2D eigenvalue weighted by atomic mass is 10.3. The molecule has 0 bridgehead atoms. The van der Waals surface area contributed by atoms with E-state index in [0.717, 1.165) is 0 Å². The van der Waals surface area contributed by atoms with E-state index in [9.17, 15) is 4.79 Å². The lowest BCUT2D eigenvalue weighted by molar-refractivity contribution is 0.0594. The molecule has 14 heavy (non-hydrogen) atoms. The maximum Gasteiger partial charge on any atom is 0.356 e. The molecule has 0 aromatic carbocycles. The molecule has 0 aliphatic rings. The summed E-state index contributed by atoms with van der Waals surface area (Å²) in [4.78, 5) is 19.1. The predicted octanol–water partition coefficient (Wildman–Crippen LogP) is 1.32. The van der Waals surface area contributed by atoms with Gasteiger partial charge in [0, 0.05) is 6.92 Å². The number of aromatic nitrogens is 2. The molecule has 0 aliphatic heterocycles. The molecule has 72 valence electrons. The predicted molar refractivity (Wildman–Crippen MR) is 47.9 cm³/mol. The van der Waals surface area contributed by atoms with Crippen molar-refractivity contribution >= 4 is 17.2 Å². The van der Waals surface area contributed by atoms with Crippen LogP contribution in [0, 0.1) is 6.92 Å². The van der Waals surface area contributed by atoms with Crippen molar-refractivity contribution in [3.05, 3.63) is 23.7 Å². The first kappa shape index (κ1) is 8.68. The minimum atomic E-state index is -0.479. The molecule has 0 amide bonds. The highest BCUT2D eigenvalue weighted by Crippen LogP contribution is 2.13. The van der Waals surface area contributed by atoms with E-state index in [2.05, 4.69) is 14.7 Å². The Labute approximate surface area is 79.7 Å². The highest BCUT2D eigenvalue weighted by Gasteiger charge is 2.10. The van der Waals surface area contributed by atoms with Crippen molar-refractivity contribution in [1.82, 2.24) is 9.97 Å². The lowest BCUT2D eigenvalue weighted by Crippen LogP contribution is -2.03. The third-order valence-electron chi connectivity index (χ3n) is 1.75. The molecule has 0 saturated heterocycles. The summed E-state index contributed by atoms with van der Waals surface area (Å²) in [5.41, 5.74) is 1.22. The van der Waals surface area contributed by atoms with Gasteiger partial charge in [-0.15, -0.1) is 0 Å². The van der Waals surface area contributed by atoms with Gasteiger partial charge in [-0.05, 0) is 12.1 Å². The number of esters is 1. The largest absolute Gasteiger partial charge is 0.464 e. The molecule has 5 heteroatoms. The van der Waals surface area contributed by atoms with Crippen LogP contribution in [0.2, 0.25) is 0 Å². The average Bonchev–Trinajstić information content (AvgIpc) is 2.55. The Kier molecular flexibility index (Phi) is 1.92. The number of carbonyl (C=O) groups excluding carboxylic acids is 1. The van der Waals surface area contributed by atoms with Crippen LogP contribution in [0.4, 0.5) is 0 Å². The van der Waals surface area contributed by atoms with Gasteiger partial charge in [-0.3, -0.25) is 0 Å². The van der Waals surface area contributed by atoms with Crippen molar-refractivity contribution in [1.29, 1.82) is 0 Å². The van der Waals surface area contributed by atoms with E-state index in [4.69, 9.17) is 4.42 Å². The van der Waals surface area contributed by atoms with Gasteiger partial charge in [0.15, 0.2) is 22.8 Å². The number of pyridine rings is 1. The van der Waals surface area contributed by atoms with Crippen molar-refractivity contribution in [3.8, 4) is 0 Å². The smallest absolute Gasteiger partial charge is 0.356 e. The topological polar surface area (TPSA) is 65.2 Å². The Morgan fingerprint density at radius 1 is 1.43 bits per heavy atom. The Bertz CT molecular complexity index is 490. The molecule has 2 aromatic heterocycles. The number of hydrogen-bond donors (Lipinski definition) is 0. The summed E-state index contributed by atoms with van der Waals surface area (Å²) < 4.78 is 9.74. The van der Waals surface area contributed by atoms with Crippen LogP contribution in [0.5, 0.6) is 0 Å². The second kappa shape index (κ2) is 3.10. The van der Waals surface area contributed by atoms with Crippen LogP contribution in [0.3, 0.4) is 0 Å². The molecule has 0 saturated carbocycles. The van der Waals surface area contributed by atoms with Crippen LogP contribution in [0.25, 0.3) is 11.2 Å². The number of carbonyl (C=O) groups is 1. The van der Waals surface area contributed by atoms with E-state index in [0.29, 0.717) is 17.1 Å². The van der Waals surface area contributed by atoms with Crippen LogP contribution in [0.15, 0.2) is 16.5 Å². The zero-order valence-electron chi connectivity index (χ0n) is 7.77. The van der Waals surface area contributed by atoms with Gasteiger partial charge in [0.2, 0.25) is 0 Å². The molecular formula is C9H8N2O3. The fourth-order valence-electron chi connectivity index (χ4n) is 1.14. The van der Waals surface area contributed by atoms with Gasteiger partial charge in [-0.2, -0.15) is 4.98 Å². The SMILES string of the molecule is COC(=O)c1ccc2oc(C)nc2n1. The fourth-order valence-corrected chi connectivity index (χ4v) is 1.14. The Morgan fingerprint density at radius 3 is 2.93 bits per heavy atom. The fraction of sp³-hybridized carbons (Fsp3) is 0.222. The van der Waals surface area contributed by atoms with Crippen LogP contribution in [0.1, 0.15) is 16.4 Å². The molecule has 0 fully saturated rings. The first-order chi connectivity index (χ1) is 6.70. The second-order valence-electron chi connectivity index (χ2n) is 2.74. The third kappa shape index (κ3) is 1.32. The van der Waals surface area contributed by atoms with Crippen molar-refractivity contribution in [2.75, 3.05) is 7.11 Å². The summed E-state index contributed by atoms with van der Waals surface area (Å²) in [5, 5.41) is 0. The third-order valence-corrected chi connectivity index (χ3v) is 1.75. The lowest BCUT2D eigenvalue weighted by Gasteiger charge is -1.95. The van der Waals surface area contributed by atoms with E-state index < -0.39 is 5.97 Å². The second-order valence-corrected chi connectivity index (χ2v) is 2.74. The molecular weight excluding hydrogens is 184 g/mol. The van der Waals surface area contributed by atoms with Gasteiger partial charge in [0.05, 0.1) is 7.11 Å². The monoisotopic (exact) mass is 192 g/mol. The van der Waals surface area contributed by atoms with Gasteiger partial charge in [0.1, 0.15) is 0 Å². The molecule has 0 unspecified atom stereocenters. The number of methoxy groups -OCH3 is 1. The molecule has 0 aliphatic carbocycles. The summed E-state index contributed by atoms with van der Waals surface area (Å²) in [5.74, 6) is 0.0436. The van der Waals surface area contributed by atoms with Crippen molar-refractivity contribution in [2.24, 2.45) is 0 Å². The number of fused-ring (bicyclic) bond motifs is 1. The maximum atomic E-state index is 11.1. The van der Waals surface area contributed by atoms with Crippen LogP contribution in [-0.2, 0) is 4.74 Å². The van der Waals surface area contributed by atoms with Crippen LogP contribution < -0.4 is 0 Å². The number of oxazole rings is 1. The summed E-state index contributed by atoms with van der Waals surface area (Å²) in [6, 6.07) is 3.19. The number of aryl methyl sites for hydroxylation is 1. The standard InChI is InChI=1S/C9H8N2O3/c1-5-10-8-7(14-5)4-3-6(11-8)9(12)13-2/h3-4H,1-2H3. The molecule has 0 spiro atoms. The molecule has 5 nitrogen and oxygen atoms in total. The van der Waals surface area contributed by atoms with Crippen molar-refractivity contribution in [2.45, 2.75) is 6.92 Å². The van der Waals surface area contributed by atoms with E-state index in [-0.39, 0.29) is 5.69 Å². The molecule has 2 aromatic rings. The minimum Gasteiger partial charge on any atom is -0.464 e. The summed E-state index contributed by atoms with van der Waals surface area (Å²) in [6.07, 6.45) is 0. The summed E-state index contributed by atoms with van der Waals surface area (Å²) in [6.45, 7) is 1.72. The number of rotatable bonds is 1. The molecule has 0 N–H and O–H groups in total. The normalized spacial score (nSPS) is 10.4. The minimum absolute atomic E-state index is 0.230. The zero-order valence-corrected chi connectivity index (χ0v) is 7.77. The van der Waals surface area contributed by atoms with Crippen LogP contribution >= 0.6 is 0 Å². The Morgan fingerprint density at radius 2 is 2.21 bits per heavy atom. The zero-order chi connectivity index (χ0) is 10.1. The van der Waals surface area contributed by atoms with E-state index >= 15 is 0 Å². The first-order valence-electron chi connectivity index (χ1n) is 4.03. The maximum absolute atomic E-state index is 11.1. The quantitative estimate of drug-likeness (QED) is 0.637. The Hall–Kier alpha value is -1.91. The van der Waals surface area contributed by atoms with E-state index in [1.165, 1.54) is 7.11 Å². The molecule has 0 atom stereocenters. The van der Waals surface area contributed by atoms with Gasteiger partial charge in [-0.1, -0.05) is 0 Å². The molecule has 0 radical (unpaired) electrons. The average molecular weight is 192 g/mol. The van der Waals surface area contributed by atoms with Gasteiger partial charge < -0.3 is 9.15 Å². The molecule has 2 heterocycles. The summed E-state index contributed by atoms with van der Waals surface area (Å²) >= 11 is 0. The van der Waals surface area contributed by atoms with E-state index in [1.54, 1.807) is 19.1 Å². The van der Waals surface area contributed by atoms with Gasteiger partial charge in [0.25, 0.3) is 0 Å². The van der Waals surface area contributed by atoms with Crippen LogP contribution in [-0.4, -0.2) is 23.0 Å². The van der Waals surface area contributed by atoms with Gasteiger partial charge in [-0.25, -0.2) is 9.78 Å². The number of hydrogen-bond acceptors (Lipinski definition) is 5. The summed E-state index contributed by atoms with van der Waals surface area (Å²) in [7, 11) is 1.31.